The Bertz CT molecular complexity index is 847. The van der Waals surface area contributed by atoms with Crippen molar-refractivity contribution >= 4 is 17.7 Å². The van der Waals surface area contributed by atoms with Gasteiger partial charge in [-0.25, -0.2) is 4.98 Å². The highest BCUT2D eigenvalue weighted by Crippen LogP contribution is 2.27. The largest absolute Gasteiger partial charge is 0.367 e. The number of hydrogen-bond donors (Lipinski definition) is 3. The van der Waals surface area contributed by atoms with Crippen molar-refractivity contribution in [2.24, 2.45) is 11.7 Å². The Morgan fingerprint density at radius 3 is 2.71 bits per heavy atom. The van der Waals surface area contributed by atoms with Gasteiger partial charge in [0.05, 0.1) is 5.56 Å². The third-order valence-electron chi connectivity index (χ3n) is 5.92. The zero-order chi connectivity index (χ0) is 19.5. The van der Waals surface area contributed by atoms with Crippen LogP contribution >= 0.6 is 0 Å². The molecule has 0 aliphatic heterocycles. The molecule has 28 heavy (non-hydrogen) atoms. The third kappa shape index (κ3) is 4.24. The van der Waals surface area contributed by atoms with Crippen molar-refractivity contribution in [3.8, 4) is 0 Å². The number of nitrogens with one attached hydrogen (secondary N) is 2. The molecule has 2 heterocycles. The number of anilines is 2. The van der Waals surface area contributed by atoms with E-state index >= 15 is 0 Å². The number of amides is 1. The predicted molar refractivity (Wildman–Crippen MR) is 109 cm³/mol. The summed E-state index contributed by atoms with van der Waals surface area (Å²) in [5, 5.41) is 6.87. The molecule has 2 aromatic heterocycles. The van der Waals surface area contributed by atoms with Crippen molar-refractivity contribution in [2.75, 3.05) is 10.6 Å². The Morgan fingerprint density at radius 1 is 1.11 bits per heavy atom. The first-order valence-electron chi connectivity index (χ1n) is 10.2. The SMILES string of the molecule is C[C@H]1CC[C@H](Nc2nc(N[C@H]3CCc4ncccc4C3)ncc2C(N)=O)CC1. The van der Waals surface area contributed by atoms with Gasteiger partial charge in [-0.15, -0.1) is 0 Å². The summed E-state index contributed by atoms with van der Waals surface area (Å²) in [6.07, 6.45) is 10.7. The summed E-state index contributed by atoms with van der Waals surface area (Å²) in [7, 11) is 0. The number of aryl methyl sites for hydroxylation is 1. The lowest BCUT2D eigenvalue weighted by atomic mass is 9.87. The summed E-state index contributed by atoms with van der Waals surface area (Å²) in [6, 6.07) is 4.68. The molecular formula is C21H28N6O. The van der Waals surface area contributed by atoms with Crippen LogP contribution < -0.4 is 16.4 Å². The number of nitrogens with zero attached hydrogens (tertiary/aromatic N) is 3. The maximum absolute atomic E-state index is 11.8. The molecule has 0 aromatic carbocycles. The molecule has 2 aliphatic rings. The fraction of sp³-hybridized carbons (Fsp3) is 0.524. The van der Waals surface area contributed by atoms with Crippen molar-refractivity contribution in [2.45, 2.75) is 64.0 Å². The second kappa shape index (κ2) is 8.12. The minimum Gasteiger partial charge on any atom is -0.367 e. The maximum Gasteiger partial charge on any atom is 0.254 e. The Balaban J connectivity index is 1.48. The lowest BCUT2D eigenvalue weighted by Crippen LogP contribution is -2.30. The molecule has 1 fully saturated rings. The first-order chi connectivity index (χ1) is 13.6. The molecule has 0 spiro atoms. The van der Waals surface area contributed by atoms with Crippen molar-refractivity contribution in [3.05, 3.63) is 41.3 Å². The molecule has 2 aromatic rings. The van der Waals surface area contributed by atoms with Crippen molar-refractivity contribution in [1.29, 1.82) is 0 Å². The number of carbonyl (C=O) groups is 1. The lowest BCUT2D eigenvalue weighted by molar-refractivity contribution is 0.100. The second-order valence-electron chi connectivity index (χ2n) is 8.11. The second-order valence-corrected chi connectivity index (χ2v) is 8.11. The van der Waals surface area contributed by atoms with Crippen LogP contribution in [-0.2, 0) is 12.8 Å². The van der Waals surface area contributed by atoms with Crippen LogP contribution in [0.2, 0.25) is 0 Å². The topological polar surface area (TPSA) is 106 Å². The standard InChI is InChI=1S/C21H28N6O/c1-13-4-6-15(7-5-13)25-20-17(19(22)28)12-24-21(27-20)26-16-8-9-18-14(11-16)3-2-10-23-18/h2-3,10,12-13,15-16H,4-9,11H2,1H3,(H2,22,28)(H2,24,25,26,27)/t13-,15-,16-/m0/s1. The zero-order valence-corrected chi connectivity index (χ0v) is 16.3. The summed E-state index contributed by atoms with van der Waals surface area (Å²) in [5.74, 6) is 1.34. The van der Waals surface area contributed by atoms with Gasteiger partial charge in [0, 0.05) is 30.2 Å². The van der Waals surface area contributed by atoms with Crippen molar-refractivity contribution in [1.82, 2.24) is 15.0 Å². The van der Waals surface area contributed by atoms with Crippen LogP contribution in [0, 0.1) is 5.92 Å². The van der Waals surface area contributed by atoms with Gasteiger partial charge in [-0.05, 0) is 62.5 Å². The van der Waals surface area contributed by atoms with E-state index < -0.39 is 5.91 Å². The highest BCUT2D eigenvalue weighted by Gasteiger charge is 2.23. The van der Waals surface area contributed by atoms with Crippen molar-refractivity contribution in [3.63, 3.8) is 0 Å². The van der Waals surface area contributed by atoms with Crippen LogP contribution in [0.15, 0.2) is 24.5 Å². The van der Waals surface area contributed by atoms with Gasteiger partial charge in [-0.2, -0.15) is 4.98 Å². The Kier molecular flexibility index (Phi) is 5.41. The van der Waals surface area contributed by atoms with E-state index in [2.05, 4.69) is 38.6 Å². The Hall–Kier alpha value is -2.70. The van der Waals surface area contributed by atoms with Crippen LogP contribution in [0.5, 0.6) is 0 Å². The number of carbonyl (C=O) groups excluding carboxylic acids is 1. The van der Waals surface area contributed by atoms with Gasteiger partial charge in [0.1, 0.15) is 5.82 Å². The molecule has 0 saturated heterocycles. The van der Waals surface area contributed by atoms with Gasteiger partial charge < -0.3 is 16.4 Å². The number of pyridine rings is 1. The van der Waals surface area contributed by atoms with E-state index in [0.717, 1.165) is 38.0 Å². The van der Waals surface area contributed by atoms with E-state index in [-0.39, 0.29) is 6.04 Å². The molecule has 1 saturated carbocycles. The van der Waals surface area contributed by atoms with Crippen LogP contribution in [0.1, 0.15) is 60.6 Å². The average Bonchev–Trinajstić information content (AvgIpc) is 2.70. The monoisotopic (exact) mass is 380 g/mol. The minimum atomic E-state index is -0.504. The number of rotatable bonds is 5. The smallest absolute Gasteiger partial charge is 0.254 e. The van der Waals surface area contributed by atoms with Gasteiger partial charge in [0.25, 0.3) is 5.91 Å². The zero-order valence-electron chi connectivity index (χ0n) is 16.3. The summed E-state index contributed by atoms with van der Waals surface area (Å²) < 4.78 is 0. The Morgan fingerprint density at radius 2 is 1.93 bits per heavy atom. The van der Waals surface area contributed by atoms with E-state index in [1.165, 1.54) is 30.3 Å². The van der Waals surface area contributed by atoms with Crippen LogP contribution in [-0.4, -0.2) is 32.9 Å². The summed E-state index contributed by atoms with van der Waals surface area (Å²) in [4.78, 5) is 25.2. The average molecular weight is 380 g/mol. The van der Waals surface area contributed by atoms with Crippen LogP contribution in [0.25, 0.3) is 0 Å². The number of primary amides is 1. The van der Waals surface area contributed by atoms with E-state index in [0.29, 0.717) is 23.4 Å². The Labute approximate surface area is 165 Å². The van der Waals surface area contributed by atoms with Crippen molar-refractivity contribution < 1.29 is 4.79 Å². The summed E-state index contributed by atoms with van der Waals surface area (Å²) in [5.41, 5.74) is 8.35. The first kappa shape index (κ1) is 18.7. The fourth-order valence-corrected chi connectivity index (χ4v) is 4.21. The maximum atomic E-state index is 11.8. The predicted octanol–water partition coefficient (Wildman–Crippen LogP) is 2.93. The molecule has 4 rings (SSSR count). The third-order valence-corrected chi connectivity index (χ3v) is 5.92. The van der Waals surface area contributed by atoms with Gasteiger partial charge in [-0.1, -0.05) is 13.0 Å². The van der Waals surface area contributed by atoms with Crippen LogP contribution in [0.3, 0.4) is 0 Å². The molecule has 4 N–H and O–H groups in total. The number of nitrogens with two attached hydrogens (primary N) is 1. The molecule has 2 aliphatic carbocycles. The molecule has 0 radical (unpaired) electrons. The molecule has 7 heteroatoms. The molecule has 0 bridgehead atoms. The first-order valence-corrected chi connectivity index (χ1v) is 10.2. The number of hydrogen-bond acceptors (Lipinski definition) is 6. The molecule has 148 valence electrons. The van der Waals surface area contributed by atoms with Crippen LogP contribution in [0.4, 0.5) is 11.8 Å². The van der Waals surface area contributed by atoms with Gasteiger partial charge in [0.2, 0.25) is 5.95 Å². The molecular weight excluding hydrogens is 352 g/mol. The highest BCUT2D eigenvalue weighted by molar-refractivity contribution is 5.97. The minimum absolute atomic E-state index is 0.250. The van der Waals surface area contributed by atoms with E-state index in [1.807, 2.05) is 12.3 Å². The quantitative estimate of drug-likeness (QED) is 0.736. The normalized spacial score (nSPS) is 24.2. The number of fused-ring (bicyclic) bond motifs is 1. The van der Waals surface area contributed by atoms with Gasteiger partial charge in [0.15, 0.2) is 0 Å². The van der Waals surface area contributed by atoms with E-state index in [4.69, 9.17) is 5.73 Å². The summed E-state index contributed by atoms with van der Waals surface area (Å²) >= 11 is 0. The van der Waals surface area contributed by atoms with E-state index in [9.17, 15) is 4.79 Å². The molecule has 7 nitrogen and oxygen atoms in total. The van der Waals surface area contributed by atoms with E-state index in [1.54, 1.807) is 0 Å². The molecule has 1 amide bonds. The molecule has 0 unspecified atom stereocenters. The lowest BCUT2D eigenvalue weighted by Gasteiger charge is -2.28. The number of aromatic nitrogens is 3. The highest BCUT2D eigenvalue weighted by atomic mass is 16.1. The molecule has 1 atom stereocenters. The van der Waals surface area contributed by atoms with Gasteiger partial charge >= 0.3 is 0 Å². The fourth-order valence-electron chi connectivity index (χ4n) is 4.21. The summed E-state index contributed by atoms with van der Waals surface area (Å²) in [6.45, 7) is 2.29. The van der Waals surface area contributed by atoms with Gasteiger partial charge in [-0.3, -0.25) is 9.78 Å².